The molecule has 1 aromatic heterocycles. The molecule has 0 aliphatic carbocycles. The molecule has 2 rings (SSSR count). The molecule has 2 aromatic rings. The Morgan fingerprint density at radius 2 is 1.92 bits per heavy atom. The third-order valence-corrected chi connectivity index (χ3v) is 3.74. The number of halogens is 2. The minimum absolute atomic E-state index is 0. The van der Waals surface area contributed by atoms with Crippen molar-refractivity contribution in [2.45, 2.75) is 13.0 Å². The van der Waals surface area contributed by atoms with E-state index in [1.54, 1.807) is 7.05 Å². The van der Waals surface area contributed by atoms with Crippen LogP contribution in [-0.4, -0.2) is 38.6 Å². The van der Waals surface area contributed by atoms with Crippen molar-refractivity contribution in [1.82, 2.24) is 15.6 Å². The molecule has 5 nitrogen and oxygen atoms in total. The third kappa shape index (κ3) is 7.48. The lowest BCUT2D eigenvalue weighted by Gasteiger charge is -2.14. The van der Waals surface area contributed by atoms with Gasteiger partial charge in [0.25, 0.3) is 0 Å². The molecule has 1 aromatic carbocycles. The Kier molecular flexibility index (Phi) is 9.59. The van der Waals surface area contributed by atoms with Crippen molar-refractivity contribution in [3.8, 4) is 0 Å². The second-order valence-corrected chi connectivity index (χ2v) is 6.05. The van der Waals surface area contributed by atoms with Crippen molar-refractivity contribution in [3.05, 3.63) is 58.7 Å². The van der Waals surface area contributed by atoms with Gasteiger partial charge in [0.2, 0.25) is 0 Å². The van der Waals surface area contributed by atoms with E-state index in [2.05, 4.69) is 26.7 Å². The number of aromatic nitrogens is 1. The van der Waals surface area contributed by atoms with E-state index in [0.717, 1.165) is 35.5 Å². The Hall–Kier alpha value is -1.54. The Morgan fingerprint density at radius 1 is 1.16 bits per heavy atom. The molecule has 0 spiro atoms. The lowest BCUT2D eigenvalue weighted by molar-refractivity contribution is 0.782. The molecule has 0 saturated heterocycles. The number of hydrogen-bond acceptors (Lipinski definition) is 3. The molecule has 0 bridgehead atoms. The van der Waals surface area contributed by atoms with Gasteiger partial charge < -0.3 is 15.5 Å². The fourth-order valence-electron chi connectivity index (χ4n) is 2.23. The van der Waals surface area contributed by atoms with Gasteiger partial charge >= 0.3 is 0 Å². The third-order valence-electron chi connectivity index (χ3n) is 3.51. The first kappa shape index (κ1) is 21.5. The molecule has 0 atom stereocenters. The predicted molar refractivity (Wildman–Crippen MR) is 117 cm³/mol. The number of nitrogens with zero attached hydrogens (tertiary/aromatic N) is 3. The van der Waals surface area contributed by atoms with Crippen LogP contribution in [0, 0.1) is 0 Å². The van der Waals surface area contributed by atoms with E-state index in [1.807, 2.05) is 55.4 Å². The molecule has 0 amide bonds. The van der Waals surface area contributed by atoms with E-state index >= 15 is 0 Å². The summed E-state index contributed by atoms with van der Waals surface area (Å²) in [6, 6.07) is 13.9. The number of nitrogens with one attached hydrogen (secondary N) is 2. The summed E-state index contributed by atoms with van der Waals surface area (Å²) in [5.41, 5.74) is 2.17. The molecule has 0 radical (unpaired) electrons. The number of guanidine groups is 1. The summed E-state index contributed by atoms with van der Waals surface area (Å²) in [6.45, 7) is 1.41. The molecule has 136 valence electrons. The molecule has 0 aliphatic rings. The Balaban J connectivity index is 0.00000312. The minimum Gasteiger partial charge on any atom is -0.363 e. The Morgan fingerprint density at radius 3 is 2.60 bits per heavy atom. The van der Waals surface area contributed by atoms with E-state index in [9.17, 15) is 0 Å². The van der Waals surface area contributed by atoms with Gasteiger partial charge in [0.05, 0.1) is 12.2 Å². The highest BCUT2D eigenvalue weighted by Crippen LogP contribution is 2.10. The molecule has 1 heterocycles. The summed E-state index contributed by atoms with van der Waals surface area (Å²) in [6.07, 6.45) is 0.885. The predicted octanol–water partition coefficient (Wildman–Crippen LogP) is 3.33. The van der Waals surface area contributed by atoms with Crippen molar-refractivity contribution in [3.63, 3.8) is 0 Å². The summed E-state index contributed by atoms with van der Waals surface area (Å²) in [7, 11) is 5.73. The van der Waals surface area contributed by atoms with Gasteiger partial charge in [-0.25, -0.2) is 4.98 Å². The maximum atomic E-state index is 6.00. The normalized spacial score (nSPS) is 10.8. The van der Waals surface area contributed by atoms with Crippen molar-refractivity contribution >= 4 is 47.4 Å². The number of benzene rings is 1. The zero-order valence-corrected chi connectivity index (χ0v) is 17.9. The van der Waals surface area contributed by atoms with Crippen molar-refractivity contribution in [2.24, 2.45) is 4.99 Å². The van der Waals surface area contributed by atoms with E-state index in [1.165, 1.54) is 5.56 Å². The molecule has 0 unspecified atom stereocenters. The number of anilines is 1. The second kappa shape index (κ2) is 11.1. The van der Waals surface area contributed by atoms with Crippen molar-refractivity contribution in [1.29, 1.82) is 0 Å². The lowest BCUT2D eigenvalue weighted by Crippen LogP contribution is -2.38. The summed E-state index contributed by atoms with van der Waals surface area (Å²) in [4.78, 5) is 10.8. The van der Waals surface area contributed by atoms with Crippen LogP contribution in [0.2, 0.25) is 5.02 Å². The maximum Gasteiger partial charge on any atom is 0.191 e. The molecular weight excluding hydrogens is 449 g/mol. The zero-order chi connectivity index (χ0) is 17.4. The summed E-state index contributed by atoms with van der Waals surface area (Å²) in [5, 5.41) is 7.35. The van der Waals surface area contributed by atoms with Crippen LogP contribution in [-0.2, 0) is 13.0 Å². The second-order valence-electron chi connectivity index (χ2n) is 5.61. The van der Waals surface area contributed by atoms with Gasteiger partial charge in [-0.15, -0.1) is 24.0 Å². The Labute approximate surface area is 171 Å². The quantitative estimate of drug-likeness (QED) is 0.384. The fraction of sp³-hybridized carbons (Fsp3) is 0.333. The standard InChI is InChI=1S/C18H24ClN5.HI/c1-20-18(21-11-10-14-6-4-7-15(19)12-14)22-13-16-8-5-9-17(23-16)24(2)3;/h4-9,12H,10-11,13H2,1-3H3,(H2,20,21,22);1H. The van der Waals surface area contributed by atoms with Gasteiger partial charge in [-0.2, -0.15) is 0 Å². The summed E-state index contributed by atoms with van der Waals surface area (Å²) < 4.78 is 0. The molecule has 0 fully saturated rings. The SMILES string of the molecule is CN=C(NCCc1cccc(Cl)c1)NCc1cccc(N(C)C)n1.I. The number of rotatable bonds is 6. The number of aliphatic imine (C=N–C) groups is 1. The first-order chi connectivity index (χ1) is 11.6. The van der Waals surface area contributed by atoms with Crippen LogP contribution in [0.25, 0.3) is 0 Å². The van der Waals surface area contributed by atoms with E-state index in [4.69, 9.17) is 11.6 Å². The van der Waals surface area contributed by atoms with Gasteiger partial charge in [0, 0.05) is 32.7 Å². The molecule has 0 aliphatic heterocycles. The average molecular weight is 474 g/mol. The van der Waals surface area contributed by atoms with Crippen LogP contribution < -0.4 is 15.5 Å². The van der Waals surface area contributed by atoms with Gasteiger partial charge in [0.1, 0.15) is 5.82 Å². The minimum atomic E-state index is 0. The summed E-state index contributed by atoms with van der Waals surface area (Å²) >= 11 is 6.00. The molecule has 7 heteroatoms. The number of hydrogen-bond donors (Lipinski definition) is 2. The van der Waals surface area contributed by atoms with E-state index < -0.39 is 0 Å². The van der Waals surface area contributed by atoms with Crippen LogP contribution in [0.4, 0.5) is 5.82 Å². The van der Waals surface area contributed by atoms with Crippen LogP contribution in [0.3, 0.4) is 0 Å². The van der Waals surface area contributed by atoms with Gasteiger partial charge in [-0.1, -0.05) is 29.8 Å². The smallest absolute Gasteiger partial charge is 0.191 e. The van der Waals surface area contributed by atoms with Crippen LogP contribution in [0.5, 0.6) is 0 Å². The van der Waals surface area contributed by atoms with Gasteiger partial charge in [0.15, 0.2) is 5.96 Å². The molecular formula is C18H25ClIN5. The Bertz CT molecular complexity index is 691. The van der Waals surface area contributed by atoms with Crippen molar-refractivity contribution in [2.75, 3.05) is 32.6 Å². The van der Waals surface area contributed by atoms with Crippen molar-refractivity contribution < 1.29 is 0 Å². The summed E-state index contributed by atoms with van der Waals surface area (Å²) in [5.74, 6) is 1.70. The largest absolute Gasteiger partial charge is 0.363 e. The zero-order valence-electron chi connectivity index (χ0n) is 14.8. The maximum absolute atomic E-state index is 6.00. The van der Waals surface area contributed by atoms with Crippen LogP contribution >= 0.6 is 35.6 Å². The lowest BCUT2D eigenvalue weighted by atomic mass is 10.1. The highest BCUT2D eigenvalue weighted by molar-refractivity contribution is 14.0. The fourth-order valence-corrected chi connectivity index (χ4v) is 2.44. The van der Waals surface area contributed by atoms with Crippen LogP contribution in [0.1, 0.15) is 11.3 Å². The topological polar surface area (TPSA) is 52.6 Å². The van der Waals surface area contributed by atoms with Gasteiger partial charge in [-0.05, 0) is 36.2 Å². The highest BCUT2D eigenvalue weighted by Gasteiger charge is 2.02. The average Bonchev–Trinajstić information content (AvgIpc) is 2.58. The monoisotopic (exact) mass is 473 g/mol. The van der Waals surface area contributed by atoms with Crippen LogP contribution in [0.15, 0.2) is 47.5 Å². The number of pyridine rings is 1. The molecule has 0 saturated carbocycles. The first-order valence-corrected chi connectivity index (χ1v) is 8.28. The first-order valence-electron chi connectivity index (χ1n) is 7.90. The molecule has 2 N–H and O–H groups in total. The highest BCUT2D eigenvalue weighted by atomic mass is 127. The van der Waals surface area contributed by atoms with Gasteiger partial charge in [-0.3, -0.25) is 4.99 Å². The van der Waals surface area contributed by atoms with E-state index in [-0.39, 0.29) is 24.0 Å². The van der Waals surface area contributed by atoms with E-state index in [0.29, 0.717) is 6.54 Å². The molecule has 25 heavy (non-hydrogen) atoms.